The molecular weight excluding hydrogens is 330 g/mol. The Kier molecular flexibility index (Phi) is 6.73. The average molecular weight is 355 g/mol. The van der Waals surface area contributed by atoms with Crippen LogP contribution in [0, 0.1) is 0 Å². The first kappa shape index (κ1) is 18.9. The summed E-state index contributed by atoms with van der Waals surface area (Å²) >= 11 is 0. The Bertz CT molecular complexity index is 640. The maximum Gasteiger partial charge on any atom is 0.238 e. The van der Waals surface area contributed by atoms with Crippen LogP contribution in [0.25, 0.3) is 0 Å². The molecule has 0 bridgehead atoms. The van der Waals surface area contributed by atoms with Gasteiger partial charge in [0.1, 0.15) is 0 Å². The van der Waals surface area contributed by atoms with Crippen LogP contribution in [0.15, 0.2) is 29.2 Å². The van der Waals surface area contributed by atoms with Crippen molar-refractivity contribution in [2.24, 2.45) is 5.14 Å². The van der Waals surface area contributed by atoms with Gasteiger partial charge in [-0.25, -0.2) is 13.6 Å². The summed E-state index contributed by atoms with van der Waals surface area (Å²) in [4.78, 5) is 14.5. The smallest absolute Gasteiger partial charge is 0.238 e. The lowest BCUT2D eigenvalue weighted by Gasteiger charge is -2.30. The van der Waals surface area contributed by atoms with E-state index in [0.29, 0.717) is 0 Å². The summed E-state index contributed by atoms with van der Waals surface area (Å²) in [6, 6.07) is 6.16. The van der Waals surface area contributed by atoms with E-state index in [1.54, 1.807) is 12.1 Å². The number of sulfonamides is 1. The Hall–Kier alpha value is -1.48. The molecule has 0 radical (unpaired) electrons. The molecule has 1 fully saturated rings. The molecule has 8 heteroatoms. The molecule has 1 aliphatic heterocycles. The van der Waals surface area contributed by atoms with E-state index in [9.17, 15) is 13.2 Å². The number of ether oxygens (including phenoxy) is 1. The van der Waals surface area contributed by atoms with Gasteiger partial charge in [0.2, 0.25) is 15.9 Å². The van der Waals surface area contributed by atoms with Crippen LogP contribution in [0.1, 0.15) is 18.9 Å². The lowest BCUT2D eigenvalue weighted by molar-refractivity contribution is -0.121. The van der Waals surface area contributed by atoms with Gasteiger partial charge in [0.25, 0.3) is 0 Å². The zero-order valence-corrected chi connectivity index (χ0v) is 14.7. The number of hydrogen-bond acceptors (Lipinski definition) is 5. The van der Waals surface area contributed by atoms with E-state index in [-0.39, 0.29) is 23.3 Å². The Morgan fingerprint density at radius 2 is 1.92 bits per heavy atom. The number of morpholine rings is 1. The highest BCUT2D eigenvalue weighted by Crippen LogP contribution is 2.09. The molecule has 1 aliphatic rings. The van der Waals surface area contributed by atoms with Gasteiger partial charge in [-0.1, -0.05) is 19.1 Å². The molecule has 0 spiro atoms. The average Bonchev–Trinajstić information content (AvgIpc) is 2.54. The van der Waals surface area contributed by atoms with Crippen molar-refractivity contribution in [2.75, 3.05) is 32.8 Å². The minimum absolute atomic E-state index is 0.0467. The van der Waals surface area contributed by atoms with Crippen molar-refractivity contribution in [3.63, 3.8) is 0 Å². The van der Waals surface area contributed by atoms with Crippen LogP contribution in [0.4, 0.5) is 0 Å². The number of nitrogens with zero attached hydrogens (tertiary/aromatic N) is 1. The van der Waals surface area contributed by atoms with Crippen molar-refractivity contribution in [1.82, 2.24) is 10.2 Å². The molecule has 0 aliphatic carbocycles. The SMILES string of the molecule is CCC(CN1CCOCC1)NC(=O)Cc1ccc(S(N)(=O)=O)cc1. The highest BCUT2D eigenvalue weighted by molar-refractivity contribution is 7.89. The van der Waals surface area contributed by atoms with Crippen LogP contribution in [-0.2, 0) is 26.0 Å². The highest BCUT2D eigenvalue weighted by Gasteiger charge is 2.17. The summed E-state index contributed by atoms with van der Waals surface area (Å²) in [7, 11) is -3.70. The van der Waals surface area contributed by atoms with Crippen LogP contribution in [0.2, 0.25) is 0 Å². The summed E-state index contributed by atoms with van der Waals surface area (Å²) < 4.78 is 27.8. The van der Waals surface area contributed by atoms with E-state index < -0.39 is 10.0 Å². The molecular formula is C16H25N3O4S. The molecule has 1 aromatic carbocycles. The molecule has 3 N–H and O–H groups in total. The molecule has 1 saturated heterocycles. The van der Waals surface area contributed by atoms with E-state index in [2.05, 4.69) is 10.2 Å². The molecule has 0 saturated carbocycles. The number of hydrogen-bond donors (Lipinski definition) is 2. The van der Waals surface area contributed by atoms with Crippen molar-refractivity contribution in [1.29, 1.82) is 0 Å². The number of nitrogens with one attached hydrogen (secondary N) is 1. The van der Waals surface area contributed by atoms with Crippen LogP contribution in [0.5, 0.6) is 0 Å². The minimum atomic E-state index is -3.70. The summed E-state index contributed by atoms with van der Waals surface area (Å²) in [5.74, 6) is -0.0709. The molecule has 1 unspecified atom stereocenters. The third-order valence-electron chi connectivity index (χ3n) is 4.06. The molecule has 24 heavy (non-hydrogen) atoms. The first-order valence-electron chi connectivity index (χ1n) is 8.09. The number of benzene rings is 1. The number of carbonyl (C=O) groups is 1. The maximum absolute atomic E-state index is 12.2. The number of amides is 1. The lowest BCUT2D eigenvalue weighted by Crippen LogP contribution is -2.47. The molecule has 2 rings (SSSR count). The molecule has 1 heterocycles. The summed E-state index contributed by atoms with van der Waals surface area (Å²) in [6.45, 7) is 6.12. The van der Waals surface area contributed by atoms with Crippen molar-refractivity contribution >= 4 is 15.9 Å². The van der Waals surface area contributed by atoms with Crippen LogP contribution in [0.3, 0.4) is 0 Å². The summed E-state index contributed by atoms with van der Waals surface area (Å²) in [6.07, 6.45) is 1.07. The molecule has 1 aromatic rings. The van der Waals surface area contributed by atoms with Gasteiger partial charge in [-0.3, -0.25) is 9.69 Å². The van der Waals surface area contributed by atoms with E-state index in [4.69, 9.17) is 9.88 Å². The lowest BCUT2D eigenvalue weighted by atomic mass is 10.1. The zero-order valence-electron chi connectivity index (χ0n) is 13.9. The Labute approximate surface area is 143 Å². The minimum Gasteiger partial charge on any atom is -0.379 e. The number of carbonyl (C=O) groups excluding carboxylic acids is 1. The van der Waals surface area contributed by atoms with Gasteiger partial charge in [-0.2, -0.15) is 0 Å². The number of primary sulfonamides is 1. The van der Waals surface area contributed by atoms with E-state index >= 15 is 0 Å². The molecule has 0 aromatic heterocycles. The molecule has 134 valence electrons. The Morgan fingerprint density at radius 3 is 2.46 bits per heavy atom. The standard InChI is InChI=1S/C16H25N3O4S/c1-2-14(12-19-7-9-23-10-8-19)18-16(20)11-13-3-5-15(6-4-13)24(17,21)22/h3-6,14H,2,7-12H2,1H3,(H,18,20)(H2,17,21,22). The first-order valence-corrected chi connectivity index (χ1v) is 9.64. The van der Waals surface area contributed by atoms with Crippen molar-refractivity contribution in [2.45, 2.75) is 30.7 Å². The summed E-state index contributed by atoms with van der Waals surface area (Å²) in [5, 5.41) is 8.10. The number of nitrogens with two attached hydrogens (primary N) is 1. The molecule has 1 atom stereocenters. The van der Waals surface area contributed by atoms with Crippen LogP contribution in [-0.4, -0.2) is 58.1 Å². The third kappa shape index (κ3) is 5.86. The van der Waals surface area contributed by atoms with Gasteiger partial charge >= 0.3 is 0 Å². The number of rotatable bonds is 7. The van der Waals surface area contributed by atoms with Crippen LogP contribution < -0.4 is 10.5 Å². The fraction of sp³-hybridized carbons (Fsp3) is 0.562. The van der Waals surface area contributed by atoms with E-state index in [1.165, 1.54) is 12.1 Å². The highest BCUT2D eigenvalue weighted by atomic mass is 32.2. The second kappa shape index (κ2) is 8.57. The maximum atomic E-state index is 12.2. The predicted molar refractivity (Wildman–Crippen MR) is 91.0 cm³/mol. The quantitative estimate of drug-likeness (QED) is 0.722. The normalized spacial score (nSPS) is 17.4. The van der Waals surface area contributed by atoms with E-state index in [0.717, 1.165) is 44.8 Å². The third-order valence-corrected chi connectivity index (χ3v) is 4.99. The Balaban J connectivity index is 1.86. The van der Waals surface area contributed by atoms with Gasteiger partial charge in [-0.05, 0) is 24.1 Å². The topological polar surface area (TPSA) is 102 Å². The van der Waals surface area contributed by atoms with Gasteiger partial charge in [0.05, 0.1) is 24.5 Å². The monoisotopic (exact) mass is 355 g/mol. The fourth-order valence-corrected chi connectivity index (χ4v) is 3.15. The summed E-state index contributed by atoms with van der Waals surface area (Å²) in [5.41, 5.74) is 0.751. The Morgan fingerprint density at radius 1 is 1.29 bits per heavy atom. The largest absolute Gasteiger partial charge is 0.379 e. The van der Waals surface area contributed by atoms with Gasteiger partial charge < -0.3 is 10.1 Å². The fourth-order valence-electron chi connectivity index (χ4n) is 2.63. The van der Waals surface area contributed by atoms with Gasteiger partial charge in [0.15, 0.2) is 0 Å². The van der Waals surface area contributed by atoms with Crippen molar-refractivity contribution in [3.05, 3.63) is 29.8 Å². The van der Waals surface area contributed by atoms with Gasteiger partial charge in [-0.15, -0.1) is 0 Å². The van der Waals surface area contributed by atoms with E-state index in [1.807, 2.05) is 6.92 Å². The predicted octanol–water partition coefficient (Wildman–Crippen LogP) is 0.104. The van der Waals surface area contributed by atoms with Crippen molar-refractivity contribution in [3.8, 4) is 0 Å². The van der Waals surface area contributed by atoms with Crippen LogP contribution >= 0.6 is 0 Å². The molecule has 1 amide bonds. The van der Waals surface area contributed by atoms with Crippen molar-refractivity contribution < 1.29 is 17.9 Å². The molecule has 7 nitrogen and oxygen atoms in total. The zero-order chi connectivity index (χ0) is 17.6. The second-order valence-electron chi connectivity index (χ2n) is 5.95. The second-order valence-corrected chi connectivity index (χ2v) is 7.51. The van der Waals surface area contributed by atoms with Gasteiger partial charge in [0, 0.05) is 25.7 Å². The first-order chi connectivity index (χ1) is 11.4.